The molecule has 10 nitrogen and oxygen atoms in total. The van der Waals surface area contributed by atoms with Crippen molar-refractivity contribution in [3.8, 4) is 5.75 Å². The van der Waals surface area contributed by atoms with Crippen molar-refractivity contribution in [1.29, 1.82) is 0 Å². The Labute approximate surface area is 219 Å². The summed E-state index contributed by atoms with van der Waals surface area (Å²) >= 11 is 0. The molecule has 0 heterocycles. The number of ketones is 2. The summed E-state index contributed by atoms with van der Waals surface area (Å²) in [6.45, 7) is 1.40. The number of fused-ring (bicyclic) bond motifs is 3. The van der Waals surface area contributed by atoms with Gasteiger partial charge in [-0.05, 0) is 39.1 Å². The second kappa shape index (κ2) is 8.07. The molecule has 5 atom stereocenters. The quantitative estimate of drug-likeness (QED) is 0.223. The number of aliphatic hydroxyl groups is 4. The monoisotopic (exact) mass is 486 g/mol. The summed E-state index contributed by atoms with van der Waals surface area (Å²) in [4.78, 5) is 39.9. The van der Waals surface area contributed by atoms with E-state index >= 15 is 0 Å². The Morgan fingerprint density at radius 1 is 1.15 bits per heavy atom. The molecule has 1 aromatic rings. The summed E-state index contributed by atoms with van der Waals surface area (Å²) in [5.41, 5.74) is -0.654. The summed E-state index contributed by atoms with van der Waals surface area (Å²) in [5.74, 6) is -7.89. The molecule has 33 heavy (non-hydrogen) atoms. The fraction of sp³-hybridized carbons (Fsp3) is 0.409. The number of hydrogen-bond donors (Lipinski definition) is 6. The molecule has 3 aliphatic carbocycles. The van der Waals surface area contributed by atoms with Crippen LogP contribution < -0.4 is 5.73 Å². The first kappa shape index (κ1) is 25.7. The normalized spacial score (nSPS) is 33.3. The van der Waals surface area contributed by atoms with E-state index in [9.17, 15) is 39.9 Å². The van der Waals surface area contributed by atoms with Crippen LogP contribution in [0.25, 0.3) is 0 Å². The number of Topliss-reactive ketones (excluding diaryl/α,β-unsaturated/α-hetero) is 2. The first-order chi connectivity index (χ1) is 14.8. The number of carbonyl (C=O) groups is 3. The van der Waals surface area contributed by atoms with Crippen molar-refractivity contribution in [1.82, 2.24) is 4.90 Å². The van der Waals surface area contributed by atoms with Crippen LogP contribution in [0, 0.1) is 11.8 Å². The molecule has 1 aromatic carbocycles. The van der Waals surface area contributed by atoms with Crippen molar-refractivity contribution in [2.75, 3.05) is 14.1 Å². The number of aliphatic hydroxyl groups excluding tert-OH is 2. The zero-order valence-corrected chi connectivity index (χ0v) is 17.7. The van der Waals surface area contributed by atoms with E-state index in [4.69, 9.17) is 5.73 Å². The van der Waals surface area contributed by atoms with Crippen molar-refractivity contribution in [3.63, 3.8) is 0 Å². The van der Waals surface area contributed by atoms with Crippen LogP contribution in [0.3, 0.4) is 0 Å². The van der Waals surface area contributed by atoms with Crippen LogP contribution in [-0.4, -0.2) is 111 Å². The van der Waals surface area contributed by atoms with Gasteiger partial charge in [0, 0.05) is 17.4 Å². The minimum absolute atomic E-state index is 0. The van der Waals surface area contributed by atoms with Gasteiger partial charge in [0.15, 0.2) is 11.4 Å². The molecule has 0 saturated heterocycles. The molecule has 0 aliphatic heterocycles. The molecule has 7 N–H and O–H groups in total. The van der Waals surface area contributed by atoms with Gasteiger partial charge in [0.1, 0.15) is 22.8 Å². The van der Waals surface area contributed by atoms with Gasteiger partial charge in [-0.3, -0.25) is 19.3 Å². The van der Waals surface area contributed by atoms with Crippen molar-refractivity contribution < 1.29 is 39.9 Å². The molecule has 0 bridgehead atoms. The number of nitrogens with zero attached hydrogens (tertiary/aromatic N) is 1. The number of rotatable bonds is 2. The first-order valence-corrected chi connectivity index (χ1v) is 9.97. The zero-order valence-electron chi connectivity index (χ0n) is 17.7. The molecule has 0 radical (unpaired) electrons. The second-order valence-corrected chi connectivity index (χ2v) is 8.96. The second-order valence-electron chi connectivity index (χ2n) is 8.96. The third-order valence-electron chi connectivity index (χ3n) is 7.02. The number of carbonyl (C=O) groups excluding carboxylic acids is 3. The molecular weight excluding hydrogens is 460 g/mol. The Hall–Kier alpha value is -1.95. The van der Waals surface area contributed by atoms with E-state index in [1.807, 2.05) is 0 Å². The van der Waals surface area contributed by atoms with Crippen LogP contribution in [0.4, 0.5) is 0 Å². The molecule has 174 valence electrons. The molecule has 0 spiro atoms. The van der Waals surface area contributed by atoms with Crippen LogP contribution in [0.15, 0.2) is 40.9 Å². The first-order valence-electron chi connectivity index (χ1n) is 9.97. The summed E-state index contributed by atoms with van der Waals surface area (Å²) in [5, 5.41) is 55.0. The van der Waals surface area contributed by atoms with E-state index < -0.39 is 75.0 Å². The molecule has 0 saturated carbocycles. The standard InChI is InChI=1S/C22H24N2O8.Ca.2H/c1-21(31)8-5-4-6-11(25)12(8)16(26)13-9(21)7-10-15(24(2)3)17(27)14(20(23)30)19(29)22(10,32)18(13)28;;;/h4-6,9-10,15,25,27-28,31-32H,7H2,1-3H3,(H2,23,30);;;/t9-,10-,15-,21+,22-;;;/m0.../s1. The Balaban J connectivity index is 0.00000306. The number of aromatic hydroxyl groups is 1. The Bertz CT molecular complexity index is 1160. The average molecular weight is 487 g/mol. The van der Waals surface area contributed by atoms with E-state index in [1.165, 1.54) is 44.1 Å². The number of phenols is 1. The number of hydrogen-bond acceptors (Lipinski definition) is 9. The van der Waals surface area contributed by atoms with Gasteiger partial charge in [0.25, 0.3) is 5.91 Å². The fourth-order valence-electron chi connectivity index (χ4n) is 5.51. The van der Waals surface area contributed by atoms with E-state index in [-0.39, 0.29) is 55.3 Å². The molecule has 11 heteroatoms. The predicted octanol–water partition coefficient (Wildman–Crippen LogP) is -1.13. The van der Waals surface area contributed by atoms with E-state index in [2.05, 4.69) is 0 Å². The van der Waals surface area contributed by atoms with Crippen molar-refractivity contribution in [2.45, 2.75) is 30.6 Å². The Morgan fingerprint density at radius 3 is 2.30 bits per heavy atom. The third kappa shape index (κ3) is 3.19. The summed E-state index contributed by atoms with van der Waals surface area (Å²) in [7, 11) is 3.06. The Kier molecular flexibility index (Phi) is 6.28. The average Bonchev–Trinajstić information content (AvgIpc) is 2.68. The van der Waals surface area contributed by atoms with Crippen LogP contribution in [0.1, 0.15) is 29.3 Å². The van der Waals surface area contributed by atoms with Crippen molar-refractivity contribution in [3.05, 3.63) is 52.0 Å². The van der Waals surface area contributed by atoms with Gasteiger partial charge >= 0.3 is 37.7 Å². The van der Waals surface area contributed by atoms with Crippen LogP contribution in [0.2, 0.25) is 0 Å². The topological polar surface area (TPSA) is 182 Å². The SMILES string of the molecule is CN(C)[C@@H]1C(O)=C(C(N)=O)C(=O)[C@@]2(O)C(O)=C3C(=O)c4c(O)cccc4[C@@](C)(O)[C@H]3C[C@@H]12.[CaH2]. The van der Waals surface area contributed by atoms with Crippen LogP contribution in [-0.2, 0) is 15.2 Å². The summed E-state index contributed by atoms with van der Waals surface area (Å²) < 4.78 is 0. The van der Waals surface area contributed by atoms with Gasteiger partial charge in [-0.25, -0.2) is 0 Å². The number of nitrogens with two attached hydrogens (primary N) is 1. The molecule has 0 aromatic heterocycles. The van der Waals surface area contributed by atoms with Gasteiger partial charge in [-0.2, -0.15) is 0 Å². The zero-order chi connectivity index (χ0) is 23.9. The third-order valence-corrected chi connectivity index (χ3v) is 7.02. The maximum atomic E-state index is 13.3. The van der Waals surface area contributed by atoms with Gasteiger partial charge in [0.05, 0.1) is 17.2 Å². The van der Waals surface area contributed by atoms with Gasteiger partial charge < -0.3 is 31.3 Å². The van der Waals surface area contributed by atoms with E-state index in [1.54, 1.807) is 0 Å². The molecular formula is C22H26CaN2O8. The van der Waals surface area contributed by atoms with Gasteiger partial charge in [-0.1, -0.05) is 12.1 Å². The van der Waals surface area contributed by atoms with Crippen LogP contribution >= 0.6 is 0 Å². The molecule has 0 unspecified atom stereocenters. The number of amides is 1. The van der Waals surface area contributed by atoms with Gasteiger partial charge in [-0.15, -0.1) is 0 Å². The molecule has 3 aliphatic rings. The number of primary amides is 1. The van der Waals surface area contributed by atoms with Crippen molar-refractivity contribution >= 4 is 55.2 Å². The van der Waals surface area contributed by atoms with E-state index in [0.29, 0.717) is 0 Å². The molecule has 0 fully saturated rings. The Morgan fingerprint density at radius 2 is 1.76 bits per heavy atom. The van der Waals surface area contributed by atoms with Gasteiger partial charge in [0.2, 0.25) is 5.78 Å². The number of phenolic OH excluding ortho intramolecular Hbond substituents is 1. The minimum atomic E-state index is -2.75. The van der Waals surface area contributed by atoms with Crippen LogP contribution in [0.5, 0.6) is 5.75 Å². The van der Waals surface area contributed by atoms with Crippen molar-refractivity contribution in [2.24, 2.45) is 17.6 Å². The number of likely N-dealkylation sites (N-methyl/N-ethyl adjacent to an activating group) is 1. The summed E-state index contributed by atoms with van der Waals surface area (Å²) in [6.07, 6.45) is -0.200. The summed E-state index contributed by atoms with van der Waals surface area (Å²) in [6, 6.07) is 3.05. The maximum absolute atomic E-state index is 13.3. The number of benzene rings is 1. The predicted molar refractivity (Wildman–Crippen MR) is 118 cm³/mol. The molecule has 1 amide bonds. The van der Waals surface area contributed by atoms with E-state index in [0.717, 1.165) is 0 Å². The fourth-order valence-corrected chi connectivity index (χ4v) is 5.51. The molecule has 4 rings (SSSR count).